The van der Waals surface area contributed by atoms with Crippen molar-refractivity contribution in [1.82, 2.24) is 9.47 Å². The second-order valence-corrected chi connectivity index (χ2v) is 8.28. The van der Waals surface area contributed by atoms with Crippen LogP contribution in [0.25, 0.3) is 11.1 Å². The molecular weight excluding hydrogens is 390 g/mol. The van der Waals surface area contributed by atoms with E-state index in [1.165, 1.54) is 0 Å². The molecule has 158 valence electrons. The Morgan fingerprint density at radius 2 is 1.74 bits per heavy atom. The van der Waals surface area contributed by atoms with Crippen LogP contribution in [-0.4, -0.2) is 35.7 Å². The van der Waals surface area contributed by atoms with Crippen LogP contribution < -0.4 is 15.6 Å². The van der Waals surface area contributed by atoms with Crippen molar-refractivity contribution in [2.24, 2.45) is 5.92 Å². The molecule has 0 saturated carbocycles. The van der Waals surface area contributed by atoms with E-state index in [0.29, 0.717) is 31.1 Å². The van der Waals surface area contributed by atoms with E-state index < -0.39 is 0 Å². The van der Waals surface area contributed by atoms with Gasteiger partial charge in [0.25, 0.3) is 5.56 Å². The number of benzene rings is 2. The van der Waals surface area contributed by atoms with Crippen LogP contribution in [0.15, 0.2) is 71.5 Å². The smallest absolute Gasteiger partial charge is 0.321 e. The molecular formula is C25H25N3O3. The summed E-state index contributed by atoms with van der Waals surface area (Å²) in [5, 5.41) is 3.00. The SMILES string of the molecule is COc1ccccc1NC(=O)N1CC2CC(C1)c1c(-c3ccccc3)ccc(=O)n1C2. The van der Waals surface area contributed by atoms with Gasteiger partial charge in [0, 0.05) is 42.9 Å². The summed E-state index contributed by atoms with van der Waals surface area (Å²) in [5.74, 6) is 1.02. The zero-order valence-corrected chi connectivity index (χ0v) is 17.5. The van der Waals surface area contributed by atoms with Gasteiger partial charge in [0.1, 0.15) is 5.75 Å². The number of hydrogen-bond donors (Lipinski definition) is 1. The van der Waals surface area contributed by atoms with Crippen molar-refractivity contribution in [3.05, 3.63) is 82.8 Å². The lowest BCUT2D eigenvalue weighted by Crippen LogP contribution is -2.50. The van der Waals surface area contributed by atoms with E-state index in [1.54, 1.807) is 13.2 Å². The molecule has 2 aromatic carbocycles. The van der Waals surface area contributed by atoms with Crippen LogP contribution >= 0.6 is 0 Å². The highest BCUT2D eigenvalue weighted by molar-refractivity contribution is 5.91. The second kappa shape index (κ2) is 7.95. The van der Waals surface area contributed by atoms with Crippen molar-refractivity contribution >= 4 is 11.7 Å². The first-order valence-corrected chi connectivity index (χ1v) is 10.6. The highest BCUT2D eigenvalue weighted by Crippen LogP contribution is 2.40. The molecule has 6 nitrogen and oxygen atoms in total. The average molecular weight is 415 g/mol. The van der Waals surface area contributed by atoms with E-state index in [9.17, 15) is 9.59 Å². The zero-order chi connectivity index (χ0) is 21.4. The third kappa shape index (κ3) is 3.58. The number of nitrogens with one attached hydrogen (secondary N) is 1. The number of methoxy groups -OCH3 is 1. The summed E-state index contributed by atoms with van der Waals surface area (Å²) in [4.78, 5) is 27.6. The van der Waals surface area contributed by atoms with E-state index in [4.69, 9.17) is 4.74 Å². The van der Waals surface area contributed by atoms with Crippen LogP contribution in [0.5, 0.6) is 5.75 Å². The lowest BCUT2D eigenvalue weighted by Gasteiger charge is -2.43. The molecule has 1 saturated heterocycles. The van der Waals surface area contributed by atoms with E-state index >= 15 is 0 Å². The summed E-state index contributed by atoms with van der Waals surface area (Å²) >= 11 is 0. The first kappa shape index (κ1) is 19.4. The summed E-state index contributed by atoms with van der Waals surface area (Å²) in [6.45, 7) is 1.86. The van der Waals surface area contributed by atoms with Crippen molar-refractivity contribution in [3.8, 4) is 16.9 Å². The minimum absolute atomic E-state index is 0.0382. The fourth-order valence-corrected chi connectivity index (χ4v) is 4.98. The molecule has 2 aliphatic rings. The molecule has 2 unspecified atom stereocenters. The number of hydrogen-bond acceptors (Lipinski definition) is 3. The first-order chi connectivity index (χ1) is 15.1. The van der Waals surface area contributed by atoms with Crippen LogP contribution in [0.2, 0.25) is 0 Å². The maximum absolute atomic E-state index is 13.1. The minimum Gasteiger partial charge on any atom is -0.495 e. The third-order valence-electron chi connectivity index (χ3n) is 6.31. The molecule has 0 spiro atoms. The number of piperidine rings is 1. The maximum atomic E-state index is 13.1. The summed E-state index contributed by atoms with van der Waals surface area (Å²) in [6, 6.07) is 21.0. The Morgan fingerprint density at radius 1 is 0.968 bits per heavy atom. The average Bonchev–Trinajstić information content (AvgIpc) is 2.80. The van der Waals surface area contributed by atoms with Gasteiger partial charge in [-0.1, -0.05) is 42.5 Å². The Hall–Kier alpha value is -3.54. The number of carbonyl (C=O) groups excluding carboxylic acids is 1. The molecule has 2 atom stereocenters. The molecule has 1 N–H and O–H groups in total. The molecule has 3 heterocycles. The number of amides is 2. The molecule has 1 fully saturated rings. The van der Waals surface area contributed by atoms with Crippen LogP contribution in [0, 0.1) is 5.92 Å². The standard InChI is InChI=1S/C25H25N3O3/c1-31-22-10-6-5-9-21(22)26-25(30)27-14-17-13-19(16-27)24-20(18-7-3-2-4-8-18)11-12-23(29)28(24)15-17/h2-12,17,19H,13-16H2,1H3,(H,26,30). The number of rotatable bonds is 3. The number of nitrogens with zero attached hydrogens (tertiary/aromatic N) is 2. The van der Waals surface area contributed by atoms with Gasteiger partial charge in [-0.3, -0.25) is 4.79 Å². The number of pyridine rings is 1. The molecule has 5 rings (SSSR count). The highest BCUT2D eigenvalue weighted by atomic mass is 16.5. The van der Waals surface area contributed by atoms with Crippen molar-refractivity contribution < 1.29 is 9.53 Å². The highest BCUT2D eigenvalue weighted by Gasteiger charge is 2.38. The van der Waals surface area contributed by atoms with Gasteiger partial charge in [-0.2, -0.15) is 0 Å². The van der Waals surface area contributed by atoms with Gasteiger partial charge in [0.2, 0.25) is 0 Å². The van der Waals surface area contributed by atoms with E-state index in [2.05, 4.69) is 17.4 Å². The van der Waals surface area contributed by atoms with E-state index in [1.807, 2.05) is 58.0 Å². The summed E-state index contributed by atoms with van der Waals surface area (Å²) in [7, 11) is 1.59. The van der Waals surface area contributed by atoms with Crippen LogP contribution in [0.1, 0.15) is 18.0 Å². The number of para-hydroxylation sites is 2. The Balaban J connectivity index is 1.46. The molecule has 2 aliphatic heterocycles. The maximum Gasteiger partial charge on any atom is 0.321 e. The van der Waals surface area contributed by atoms with Gasteiger partial charge in [-0.15, -0.1) is 0 Å². The first-order valence-electron chi connectivity index (χ1n) is 10.6. The Bertz CT molecular complexity index is 1170. The summed E-state index contributed by atoms with van der Waals surface area (Å²) in [5.41, 5.74) is 3.92. The molecule has 2 bridgehead atoms. The summed E-state index contributed by atoms with van der Waals surface area (Å²) < 4.78 is 7.29. The third-order valence-corrected chi connectivity index (χ3v) is 6.31. The number of ether oxygens (including phenoxy) is 1. The minimum atomic E-state index is -0.132. The monoisotopic (exact) mass is 415 g/mol. The topological polar surface area (TPSA) is 63.6 Å². The Morgan fingerprint density at radius 3 is 2.55 bits per heavy atom. The molecule has 2 amide bonds. The Kier molecular flexibility index (Phi) is 4.98. The van der Waals surface area contributed by atoms with Crippen molar-refractivity contribution in [2.75, 3.05) is 25.5 Å². The zero-order valence-electron chi connectivity index (χ0n) is 17.5. The molecule has 3 aromatic rings. The fourth-order valence-electron chi connectivity index (χ4n) is 4.98. The fraction of sp³-hybridized carbons (Fsp3) is 0.280. The second-order valence-electron chi connectivity index (χ2n) is 8.28. The van der Waals surface area contributed by atoms with Crippen LogP contribution in [0.4, 0.5) is 10.5 Å². The number of fused-ring (bicyclic) bond motifs is 4. The van der Waals surface area contributed by atoms with Crippen molar-refractivity contribution in [2.45, 2.75) is 18.9 Å². The Labute approximate surface area is 181 Å². The lowest BCUT2D eigenvalue weighted by molar-refractivity contribution is 0.140. The number of carbonyl (C=O) groups is 1. The summed E-state index contributed by atoms with van der Waals surface area (Å²) in [6.07, 6.45) is 0.988. The molecule has 0 aliphatic carbocycles. The largest absolute Gasteiger partial charge is 0.495 e. The molecule has 6 heteroatoms. The number of likely N-dealkylation sites (tertiary alicyclic amines) is 1. The lowest BCUT2D eigenvalue weighted by atomic mass is 9.80. The normalized spacial score (nSPS) is 19.5. The number of anilines is 1. The molecule has 1 aromatic heterocycles. The van der Waals surface area contributed by atoms with Gasteiger partial charge < -0.3 is 19.5 Å². The van der Waals surface area contributed by atoms with Crippen molar-refractivity contribution in [3.63, 3.8) is 0 Å². The van der Waals surface area contributed by atoms with E-state index in [-0.39, 0.29) is 23.4 Å². The van der Waals surface area contributed by atoms with Crippen LogP contribution in [-0.2, 0) is 6.54 Å². The quantitative estimate of drug-likeness (QED) is 0.698. The predicted octanol–water partition coefficient (Wildman–Crippen LogP) is 4.18. The van der Waals surface area contributed by atoms with Gasteiger partial charge in [0.15, 0.2) is 0 Å². The molecule has 0 radical (unpaired) electrons. The van der Waals surface area contributed by atoms with Gasteiger partial charge in [-0.25, -0.2) is 4.79 Å². The number of aromatic nitrogens is 1. The van der Waals surface area contributed by atoms with Gasteiger partial charge >= 0.3 is 6.03 Å². The predicted molar refractivity (Wildman–Crippen MR) is 121 cm³/mol. The van der Waals surface area contributed by atoms with Gasteiger partial charge in [0.05, 0.1) is 12.8 Å². The van der Waals surface area contributed by atoms with Crippen molar-refractivity contribution in [1.29, 1.82) is 0 Å². The van der Waals surface area contributed by atoms with Gasteiger partial charge in [-0.05, 0) is 36.1 Å². The molecule has 31 heavy (non-hydrogen) atoms. The number of urea groups is 1. The van der Waals surface area contributed by atoms with Crippen LogP contribution in [0.3, 0.4) is 0 Å². The van der Waals surface area contributed by atoms with E-state index in [0.717, 1.165) is 23.2 Å².